The van der Waals surface area contributed by atoms with E-state index in [4.69, 9.17) is 9.47 Å². The number of anilines is 1. The van der Waals surface area contributed by atoms with Gasteiger partial charge in [-0.05, 0) is 32.9 Å². The number of ether oxygens (including phenoxy) is 2. The molecule has 1 aromatic heterocycles. The monoisotopic (exact) mass is 277 g/mol. The highest BCUT2D eigenvalue weighted by Crippen LogP contribution is 2.31. The lowest BCUT2D eigenvalue weighted by molar-refractivity contribution is 0.0636. The zero-order valence-electron chi connectivity index (χ0n) is 12.4. The summed E-state index contributed by atoms with van der Waals surface area (Å²) >= 11 is 0. The van der Waals surface area contributed by atoms with E-state index in [1.165, 1.54) is 0 Å². The maximum atomic E-state index is 11.8. The highest BCUT2D eigenvalue weighted by molar-refractivity contribution is 6.01. The number of aromatic nitrogens is 2. The lowest BCUT2D eigenvalue weighted by Crippen LogP contribution is -2.27. The Morgan fingerprint density at radius 3 is 2.65 bits per heavy atom. The number of aryl methyl sites for hydroxylation is 1. The van der Waals surface area contributed by atoms with Crippen molar-refractivity contribution in [3.05, 3.63) is 18.3 Å². The van der Waals surface area contributed by atoms with Crippen LogP contribution < -0.4 is 10.1 Å². The minimum absolute atomic E-state index is 0.493. The molecule has 0 aliphatic carbocycles. The van der Waals surface area contributed by atoms with Gasteiger partial charge in [0.1, 0.15) is 16.9 Å². The summed E-state index contributed by atoms with van der Waals surface area (Å²) in [4.78, 5) is 11.8. The Kier molecular flexibility index (Phi) is 3.57. The fourth-order valence-corrected chi connectivity index (χ4v) is 1.94. The van der Waals surface area contributed by atoms with Crippen LogP contribution in [0.5, 0.6) is 5.75 Å². The molecule has 2 aromatic rings. The Bertz CT molecular complexity index is 641. The van der Waals surface area contributed by atoms with Crippen LogP contribution >= 0.6 is 0 Å². The van der Waals surface area contributed by atoms with Gasteiger partial charge in [0.15, 0.2) is 0 Å². The summed E-state index contributed by atoms with van der Waals surface area (Å²) in [7, 11) is 3.42. The fourth-order valence-electron chi connectivity index (χ4n) is 1.94. The Morgan fingerprint density at radius 2 is 2.05 bits per heavy atom. The molecule has 1 N–H and O–H groups in total. The normalized spacial score (nSPS) is 11.4. The molecule has 0 saturated carbocycles. The van der Waals surface area contributed by atoms with Crippen LogP contribution in [0.15, 0.2) is 18.3 Å². The number of nitrogens with zero attached hydrogens (tertiary/aromatic N) is 2. The molecule has 1 amide bonds. The number of carbonyl (C=O) groups excluding carboxylic acids is 1. The van der Waals surface area contributed by atoms with Gasteiger partial charge in [0, 0.05) is 12.4 Å². The van der Waals surface area contributed by atoms with Crippen LogP contribution in [0.4, 0.5) is 10.5 Å². The topological polar surface area (TPSA) is 65.4 Å². The lowest BCUT2D eigenvalue weighted by Gasteiger charge is -2.20. The number of hydrogen-bond acceptors (Lipinski definition) is 4. The number of nitrogens with one attached hydrogen (secondary N) is 1. The van der Waals surface area contributed by atoms with Gasteiger partial charge in [0.05, 0.1) is 19.0 Å². The first-order valence-electron chi connectivity index (χ1n) is 6.30. The molecule has 1 heterocycles. The van der Waals surface area contributed by atoms with Crippen LogP contribution in [0.1, 0.15) is 20.8 Å². The second kappa shape index (κ2) is 5.03. The molecule has 2 rings (SSSR count). The second-order valence-electron chi connectivity index (χ2n) is 5.47. The summed E-state index contributed by atoms with van der Waals surface area (Å²) in [5.41, 5.74) is 0.925. The molecule has 0 atom stereocenters. The first-order chi connectivity index (χ1) is 9.31. The van der Waals surface area contributed by atoms with Gasteiger partial charge in [0.2, 0.25) is 0 Å². The zero-order valence-corrected chi connectivity index (χ0v) is 12.4. The maximum Gasteiger partial charge on any atom is 0.412 e. The predicted molar refractivity (Wildman–Crippen MR) is 77.1 cm³/mol. The SMILES string of the molecule is COc1ccc(NC(=O)OC(C)(C)C)c2cnn(C)c12. The number of carbonyl (C=O) groups is 1. The van der Waals surface area contributed by atoms with Gasteiger partial charge < -0.3 is 9.47 Å². The van der Waals surface area contributed by atoms with Crippen LogP contribution in [-0.2, 0) is 11.8 Å². The maximum absolute atomic E-state index is 11.8. The summed E-state index contributed by atoms with van der Waals surface area (Å²) in [6.07, 6.45) is 1.19. The molecule has 0 bridgehead atoms. The quantitative estimate of drug-likeness (QED) is 0.916. The van der Waals surface area contributed by atoms with E-state index < -0.39 is 11.7 Å². The Morgan fingerprint density at radius 1 is 1.35 bits per heavy atom. The molecule has 1 aromatic carbocycles. The molecule has 0 fully saturated rings. The number of amides is 1. The third-order valence-electron chi connectivity index (χ3n) is 2.72. The van der Waals surface area contributed by atoms with Crippen molar-refractivity contribution in [2.45, 2.75) is 26.4 Å². The smallest absolute Gasteiger partial charge is 0.412 e. The molecule has 0 saturated heterocycles. The number of rotatable bonds is 2. The number of fused-ring (bicyclic) bond motifs is 1. The first-order valence-corrected chi connectivity index (χ1v) is 6.30. The minimum atomic E-state index is -0.537. The van der Waals surface area contributed by atoms with Crippen molar-refractivity contribution in [3.63, 3.8) is 0 Å². The Hall–Kier alpha value is -2.24. The molecular weight excluding hydrogens is 258 g/mol. The summed E-state index contributed by atoms with van der Waals surface area (Å²) in [5, 5.41) is 7.73. The van der Waals surface area contributed by atoms with E-state index in [1.54, 1.807) is 30.1 Å². The molecule has 20 heavy (non-hydrogen) atoms. The summed E-state index contributed by atoms with van der Waals surface area (Å²) in [6, 6.07) is 3.56. The number of hydrogen-bond donors (Lipinski definition) is 1. The first kappa shape index (κ1) is 14.2. The third-order valence-corrected chi connectivity index (χ3v) is 2.72. The van der Waals surface area contributed by atoms with E-state index in [0.29, 0.717) is 11.4 Å². The van der Waals surface area contributed by atoms with Crippen LogP contribution in [0.2, 0.25) is 0 Å². The molecule has 6 heteroatoms. The molecule has 0 aliphatic heterocycles. The van der Waals surface area contributed by atoms with Gasteiger partial charge in [-0.2, -0.15) is 5.10 Å². The largest absolute Gasteiger partial charge is 0.494 e. The number of methoxy groups -OCH3 is 1. The molecule has 0 aliphatic rings. The van der Waals surface area contributed by atoms with Crippen LogP contribution in [-0.4, -0.2) is 28.6 Å². The molecule has 0 radical (unpaired) electrons. The fraction of sp³-hybridized carbons (Fsp3) is 0.429. The van der Waals surface area contributed by atoms with Crippen LogP contribution in [0, 0.1) is 0 Å². The van der Waals surface area contributed by atoms with Crippen molar-refractivity contribution in [3.8, 4) is 5.75 Å². The van der Waals surface area contributed by atoms with Crippen molar-refractivity contribution in [1.29, 1.82) is 0 Å². The summed E-state index contributed by atoms with van der Waals surface area (Å²) < 4.78 is 12.3. The molecule has 0 spiro atoms. The van der Waals surface area contributed by atoms with Gasteiger partial charge in [-0.3, -0.25) is 10.00 Å². The van der Waals surface area contributed by atoms with E-state index in [1.807, 2.05) is 27.8 Å². The van der Waals surface area contributed by atoms with Crippen molar-refractivity contribution in [2.24, 2.45) is 7.05 Å². The zero-order chi connectivity index (χ0) is 14.9. The van der Waals surface area contributed by atoms with E-state index in [2.05, 4.69) is 10.4 Å². The predicted octanol–water partition coefficient (Wildman–Crippen LogP) is 2.93. The average Bonchev–Trinajstić information content (AvgIpc) is 2.70. The number of benzene rings is 1. The third kappa shape index (κ3) is 2.84. The molecule has 108 valence electrons. The molecular formula is C14H19N3O3. The van der Waals surface area contributed by atoms with Crippen molar-refractivity contribution >= 4 is 22.7 Å². The van der Waals surface area contributed by atoms with E-state index in [9.17, 15) is 4.79 Å². The Labute approximate surface area is 117 Å². The molecule has 0 unspecified atom stereocenters. The molecule has 6 nitrogen and oxygen atoms in total. The minimum Gasteiger partial charge on any atom is -0.494 e. The van der Waals surface area contributed by atoms with Crippen molar-refractivity contribution in [1.82, 2.24) is 9.78 Å². The van der Waals surface area contributed by atoms with E-state index in [-0.39, 0.29) is 0 Å². The van der Waals surface area contributed by atoms with Gasteiger partial charge in [0.25, 0.3) is 0 Å². The van der Waals surface area contributed by atoms with Gasteiger partial charge in [-0.1, -0.05) is 0 Å². The second-order valence-corrected chi connectivity index (χ2v) is 5.47. The van der Waals surface area contributed by atoms with Crippen molar-refractivity contribution < 1.29 is 14.3 Å². The van der Waals surface area contributed by atoms with E-state index in [0.717, 1.165) is 10.9 Å². The standard InChI is InChI=1S/C14H19N3O3/c1-14(2,3)20-13(18)16-10-6-7-11(19-5)12-9(10)8-15-17(12)4/h6-8H,1-5H3,(H,16,18). The van der Waals surface area contributed by atoms with Crippen LogP contribution in [0.25, 0.3) is 10.9 Å². The van der Waals surface area contributed by atoms with Gasteiger partial charge >= 0.3 is 6.09 Å². The Balaban J connectivity index is 2.34. The van der Waals surface area contributed by atoms with Gasteiger partial charge in [-0.25, -0.2) is 4.79 Å². The highest BCUT2D eigenvalue weighted by atomic mass is 16.6. The highest BCUT2D eigenvalue weighted by Gasteiger charge is 2.18. The lowest BCUT2D eigenvalue weighted by atomic mass is 10.2. The summed E-state index contributed by atoms with van der Waals surface area (Å²) in [6.45, 7) is 5.46. The van der Waals surface area contributed by atoms with Gasteiger partial charge in [-0.15, -0.1) is 0 Å². The van der Waals surface area contributed by atoms with Crippen LogP contribution in [0.3, 0.4) is 0 Å². The summed E-state index contributed by atoms with van der Waals surface area (Å²) in [5.74, 6) is 0.703. The van der Waals surface area contributed by atoms with Crippen molar-refractivity contribution in [2.75, 3.05) is 12.4 Å². The average molecular weight is 277 g/mol. The van der Waals surface area contributed by atoms with E-state index >= 15 is 0 Å².